The van der Waals surface area contributed by atoms with Crippen molar-refractivity contribution < 1.29 is 9.21 Å². The minimum Gasteiger partial charge on any atom is -0.441 e. The number of fused-ring (bicyclic) bond motifs is 4. The van der Waals surface area contributed by atoms with Crippen LogP contribution in [0, 0.1) is 13.8 Å². The van der Waals surface area contributed by atoms with E-state index < -0.39 is 0 Å². The molecule has 0 unspecified atom stereocenters. The number of aryl methyl sites for hydroxylation is 3. The predicted octanol–water partition coefficient (Wildman–Crippen LogP) is 3.74. The zero-order valence-electron chi connectivity index (χ0n) is 20.2. The fourth-order valence-corrected chi connectivity index (χ4v) is 4.94. The Morgan fingerprint density at radius 2 is 2.00 bits per heavy atom. The molecule has 1 N–H and O–H groups in total. The molecule has 0 aromatic carbocycles. The summed E-state index contributed by atoms with van der Waals surface area (Å²) in [5.74, 6) is 1.63. The van der Waals surface area contributed by atoms with E-state index in [0.717, 1.165) is 42.1 Å². The number of urea groups is 1. The Morgan fingerprint density at radius 3 is 2.78 bits per heavy atom. The van der Waals surface area contributed by atoms with Gasteiger partial charge in [-0.2, -0.15) is 0 Å². The standard InChI is InChI=1S/C26H25N7O3/c1-15-10-17(6-8-27-15)20-4-5-22-24(29-20)33(19-7-9-32(22)14-19)26(35)30-21-11-18(13-31(3)25(21)34)23-12-28-16(2)36-23/h4-6,8,10-13,19H,7,9,14H2,1-3H3,(H,30,35)/t19-/m0/s1. The minimum absolute atomic E-state index is 0.0385. The quantitative estimate of drug-likeness (QED) is 0.473. The molecule has 1 atom stereocenters. The lowest BCUT2D eigenvalue weighted by Crippen LogP contribution is -2.48. The summed E-state index contributed by atoms with van der Waals surface area (Å²) in [6.45, 7) is 5.26. The Kier molecular flexibility index (Phi) is 5.10. The van der Waals surface area contributed by atoms with Crippen molar-refractivity contribution >= 4 is 23.2 Å². The van der Waals surface area contributed by atoms with Gasteiger partial charge in [-0.15, -0.1) is 0 Å². The van der Waals surface area contributed by atoms with Gasteiger partial charge in [0.15, 0.2) is 17.5 Å². The maximum Gasteiger partial charge on any atom is 0.328 e. The second-order valence-corrected chi connectivity index (χ2v) is 9.22. The van der Waals surface area contributed by atoms with Gasteiger partial charge in [0.2, 0.25) is 0 Å². The lowest BCUT2D eigenvalue weighted by atomic mass is 10.1. The van der Waals surface area contributed by atoms with Crippen LogP contribution in [0.4, 0.5) is 22.0 Å². The molecule has 0 aliphatic carbocycles. The normalized spacial score (nSPS) is 16.2. The lowest BCUT2D eigenvalue weighted by Gasteiger charge is -2.35. The highest BCUT2D eigenvalue weighted by atomic mass is 16.4. The summed E-state index contributed by atoms with van der Waals surface area (Å²) >= 11 is 0. The van der Waals surface area contributed by atoms with Gasteiger partial charge >= 0.3 is 6.03 Å². The van der Waals surface area contributed by atoms with Crippen LogP contribution in [0.5, 0.6) is 0 Å². The first-order chi connectivity index (χ1) is 17.4. The van der Waals surface area contributed by atoms with Gasteiger partial charge in [0.05, 0.1) is 23.6 Å². The smallest absolute Gasteiger partial charge is 0.328 e. The molecule has 1 fully saturated rings. The third-order valence-electron chi connectivity index (χ3n) is 6.69. The highest BCUT2D eigenvalue weighted by Crippen LogP contribution is 2.40. The zero-order chi connectivity index (χ0) is 25.0. The molecule has 2 amide bonds. The van der Waals surface area contributed by atoms with Crippen LogP contribution in [-0.4, -0.2) is 44.7 Å². The van der Waals surface area contributed by atoms with Gasteiger partial charge in [-0.1, -0.05) is 0 Å². The van der Waals surface area contributed by atoms with Crippen LogP contribution in [0.1, 0.15) is 18.0 Å². The van der Waals surface area contributed by atoms with Crippen molar-refractivity contribution in [3.8, 4) is 22.6 Å². The molecule has 2 aliphatic rings. The number of pyridine rings is 3. The van der Waals surface area contributed by atoms with Crippen molar-refractivity contribution in [3.05, 3.63) is 70.9 Å². The number of hydrogen-bond donors (Lipinski definition) is 1. The molecule has 4 aromatic rings. The second kappa shape index (κ2) is 8.33. The van der Waals surface area contributed by atoms with Crippen molar-refractivity contribution in [3.63, 3.8) is 0 Å². The summed E-state index contributed by atoms with van der Waals surface area (Å²) in [6.07, 6.45) is 5.83. The van der Waals surface area contributed by atoms with E-state index in [0.29, 0.717) is 23.0 Å². The number of oxazole rings is 1. The maximum atomic E-state index is 13.7. The van der Waals surface area contributed by atoms with E-state index in [-0.39, 0.29) is 23.3 Å². The number of aromatic nitrogens is 4. The lowest BCUT2D eigenvalue weighted by molar-refractivity contribution is 0.255. The van der Waals surface area contributed by atoms with Crippen molar-refractivity contribution in [2.24, 2.45) is 7.05 Å². The molecule has 4 aromatic heterocycles. The molecular weight excluding hydrogens is 458 g/mol. The number of carbonyl (C=O) groups excluding carboxylic acids is 1. The van der Waals surface area contributed by atoms with Crippen LogP contribution in [-0.2, 0) is 7.05 Å². The number of carbonyl (C=O) groups is 1. The fourth-order valence-electron chi connectivity index (χ4n) is 4.94. The molecule has 2 bridgehead atoms. The zero-order valence-corrected chi connectivity index (χ0v) is 20.2. The number of rotatable bonds is 3. The van der Waals surface area contributed by atoms with Crippen LogP contribution in [0.2, 0.25) is 0 Å². The van der Waals surface area contributed by atoms with Gasteiger partial charge in [0.25, 0.3) is 5.56 Å². The Hall–Kier alpha value is -4.47. The van der Waals surface area contributed by atoms with E-state index in [2.05, 4.69) is 20.2 Å². The average Bonchev–Trinajstić information content (AvgIpc) is 3.49. The van der Waals surface area contributed by atoms with Crippen LogP contribution < -0.4 is 20.7 Å². The summed E-state index contributed by atoms with van der Waals surface area (Å²) in [4.78, 5) is 43.9. The molecule has 2 aliphatic heterocycles. The van der Waals surface area contributed by atoms with Crippen LogP contribution in [0.3, 0.4) is 0 Å². The molecular formula is C26H25N7O3. The van der Waals surface area contributed by atoms with Gasteiger partial charge < -0.3 is 19.2 Å². The molecule has 0 radical (unpaired) electrons. The van der Waals surface area contributed by atoms with Crippen LogP contribution in [0.15, 0.2) is 58.1 Å². The number of nitrogens with one attached hydrogen (secondary N) is 1. The molecule has 10 nitrogen and oxygen atoms in total. The van der Waals surface area contributed by atoms with E-state index in [9.17, 15) is 9.59 Å². The number of nitrogens with zero attached hydrogens (tertiary/aromatic N) is 6. The molecule has 0 saturated carbocycles. The topological polar surface area (TPSA) is 109 Å². The largest absolute Gasteiger partial charge is 0.441 e. The molecule has 0 spiro atoms. The van der Waals surface area contributed by atoms with Crippen LogP contribution >= 0.6 is 0 Å². The highest BCUT2D eigenvalue weighted by Gasteiger charge is 2.40. The molecule has 6 heterocycles. The maximum absolute atomic E-state index is 13.7. The van der Waals surface area contributed by atoms with Crippen molar-refractivity contribution in [2.45, 2.75) is 26.3 Å². The Labute approximate surface area is 207 Å². The predicted molar refractivity (Wildman–Crippen MR) is 136 cm³/mol. The number of anilines is 3. The van der Waals surface area contributed by atoms with Crippen molar-refractivity contribution in [1.82, 2.24) is 19.5 Å². The first-order valence-corrected chi connectivity index (χ1v) is 11.8. The van der Waals surface area contributed by atoms with E-state index in [1.165, 1.54) is 4.57 Å². The van der Waals surface area contributed by atoms with E-state index >= 15 is 0 Å². The number of amides is 2. The molecule has 182 valence electrons. The summed E-state index contributed by atoms with van der Waals surface area (Å²) in [7, 11) is 1.64. The van der Waals surface area contributed by atoms with E-state index in [4.69, 9.17) is 9.40 Å². The van der Waals surface area contributed by atoms with E-state index in [1.54, 1.807) is 43.5 Å². The van der Waals surface area contributed by atoms with Gasteiger partial charge in [-0.25, -0.2) is 14.8 Å². The third-order valence-corrected chi connectivity index (χ3v) is 6.69. The SMILES string of the molecule is Cc1cc(-c2ccc3c(n2)N(C(=O)Nc2cc(-c4cnc(C)o4)cn(C)c2=O)[C@H]2CCN3C2)ccn1. The van der Waals surface area contributed by atoms with E-state index in [1.807, 2.05) is 31.2 Å². The summed E-state index contributed by atoms with van der Waals surface area (Å²) in [5, 5.41) is 2.85. The van der Waals surface area contributed by atoms with Crippen LogP contribution in [0.25, 0.3) is 22.6 Å². The fraction of sp³-hybridized carbons (Fsp3) is 0.269. The van der Waals surface area contributed by atoms with Gasteiger partial charge in [0, 0.05) is 56.3 Å². The van der Waals surface area contributed by atoms with Crippen molar-refractivity contribution in [1.29, 1.82) is 0 Å². The molecule has 10 heteroatoms. The Bertz CT molecular complexity index is 1560. The minimum atomic E-state index is -0.388. The molecule has 36 heavy (non-hydrogen) atoms. The average molecular weight is 484 g/mol. The summed E-state index contributed by atoms with van der Waals surface area (Å²) in [5.41, 5.74) is 3.99. The first kappa shape index (κ1) is 22.0. The number of hydrogen-bond acceptors (Lipinski definition) is 7. The van der Waals surface area contributed by atoms with Crippen molar-refractivity contribution in [2.75, 3.05) is 28.2 Å². The first-order valence-electron chi connectivity index (χ1n) is 11.8. The second-order valence-electron chi connectivity index (χ2n) is 9.22. The van der Waals surface area contributed by atoms with Gasteiger partial charge in [-0.3, -0.25) is 14.7 Å². The van der Waals surface area contributed by atoms with Gasteiger partial charge in [-0.05, 0) is 43.7 Å². The van der Waals surface area contributed by atoms with Gasteiger partial charge in [0.1, 0.15) is 5.69 Å². The third kappa shape index (κ3) is 3.71. The highest BCUT2D eigenvalue weighted by molar-refractivity contribution is 6.05. The Balaban J connectivity index is 1.38. The molecule has 6 rings (SSSR count). The summed E-state index contributed by atoms with van der Waals surface area (Å²) < 4.78 is 7.04. The molecule has 1 saturated heterocycles. The monoisotopic (exact) mass is 483 g/mol. The summed E-state index contributed by atoms with van der Waals surface area (Å²) in [6, 6.07) is 9.06. The Morgan fingerprint density at radius 1 is 1.14 bits per heavy atom.